The highest BCUT2D eigenvalue weighted by molar-refractivity contribution is 14.1. The molecule has 3 aromatic rings. The second kappa shape index (κ2) is 10.6. The number of ether oxygens (including phenoxy) is 2. The number of hydrogen-bond donors (Lipinski definition) is 0. The molecule has 2 amide bonds. The SMILES string of the molecule is COc1cc(/C=C2/SC(=O)N(Cc3ccccc3F)C2=O)cc(I)c1OCc1ccccc1F. The van der Waals surface area contributed by atoms with Crippen molar-refractivity contribution in [2.45, 2.75) is 13.2 Å². The standard InChI is InChI=1S/C25H18F2INO4S/c1-32-21-11-15(10-20(28)23(21)33-14-17-7-3-5-9-19(17)27)12-22-24(30)29(25(31)34-22)13-16-6-2-4-8-18(16)26/h2-12H,13-14H2,1H3/b22-12+. The molecule has 0 N–H and O–H groups in total. The maximum atomic E-state index is 14.0. The van der Waals surface area contributed by atoms with Gasteiger partial charge in [0.15, 0.2) is 11.5 Å². The molecule has 1 fully saturated rings. The van der Waals surface area contributed by atoms with Crippen molar-refractivity contribution in [2.75, 3.05) is 7.11 Å². The minimum Gasteiger partial charge on any atom is -0.493 e. The highest BCUT2D eigenvalue weighted by Gasteiger charge is 2.35. The monoisotopic (exact) mass is 593 g/mol. The van der Waals surface area contributed by atoms with E-state index in [0.717, 1.165) is 16.7 Å². The van der Waals surface area contributed by atoms with Crippen LogP contribution in [0, 0.1) is 15.2 Å². The first-order chi connectivity index (χ1) is 16.4. The molecule has 0 unspecified atom stereocenters. The van der Waals surface area contributed by atoms with Gasteiger partial charge in [0.2, 0.25) is 0 Å². The second-order valence-corrected chi connectivity index (χ2v) is 9.43. The Morgan fingerprint density at radius 3 is 2.29 bits per heavy atom. The first kappa shape index (κ1) is 24.2. The van der Waals surface area contributed by atoms with Gasteiger partial charge in [-0.15, -0.1) is 0 Å². The molecule has 1 heterocycles. The molecule has 0 atom stereocenters. The summed E-state index contributed by atoms with van der Waals surface area (Å²) in [4.78, 5) is 26.5. The molecule has 174 valence electrons. The molecule has 1 saturated heterocycles. The molecular formula is C25H18F2INO4S. The van der Waals surface area contributed by atoms with E-state index < -0.39 is 17.0 Å². The Morgan fingerprint density at radius 1 is 1.00 bits per heavy atom. The molecule has 0 radical (unpaired) electrons. The summed E-state index contributed by atoms with van der Waals surface area (Å²) in [5, 5.41) is -0.467. The third-order valence-electron chi connectivity index (χ3n) is 5.04. The van der Waals surface area contributed by atoms with Crippen LogP contribution in [0.15, 0.2) is 65.6 Å². The van der Waals surface area contributed by atoms with Crippen LogP contribution in [0.3, 0.4) is 0 Å². The summed E-state index contributed by atoms with van der Waals surface area (Å²) in [5.41, 5.74) is 1.29. The number of rotatable bonds is 7. The van der Waals surface area contributed by atoms with E-state index in [0.29, 0.717) is 26.2 Å². The van der Waals surface area contributed by atoms with E-state index in [-0.39, 0.29) is 29.4 Å². The van der Waals surface area contributed by atoms with Crippen molar-refractivity contribution < 1.29 is 27.8 Å². The smallest absolute Gasteiger partial charge is 0.293 e. The molecule has 0 aliphatic carbocycles. The Balaban J connectivity index is 1.55. The van der Waals surface area contributed by atoms with E-state index in [9.17, 15) is 18.4 Å². The normalized spacial score (nSPS) is 14.7. The zero-order valence-electron chi connectivity index (χ0n) is 17.9. The molecule has 34 heavy (non-hydrogen) atoms. The highest BCUT2D eigenvalue weighted by atomic mass is 127. The van der Waals surface area contributed by atoms with Crippen LogP contribution in [0.4, 0.5) is 13.6 Å². The summed E-state index contributed by atoms with van der Waals surface area (Å²) in [6.45, 7) is -0.119. The van der Waals surface area contributed by atoms with Crippen LogP contribution in [0.5, 0.6) is 11.5 Å². The lowest BCUT2D eigenvalue weighted by Gasteiger charge is -2.14. The van der Waals surface area contributed by atoms with E-state index in [1.54, 1.807) is 48.5 Å². The van der Waals surface area contributed by atoms with Crippen LogP contribution in [0.25, 0.3) is 6.08 Å². The summed E-state index contributed by atoms with van der Waals surface area (Å²) in [6, 6.07) is 15.8. The first-order valence-corrected chi connectivity index (χ1v) is 12.0. The number of nitrogens with zero attached hydrogens (tertiary/aromatic N) is 1. The van der Waals surface area contributed by atoms with Crippen molar-refractivity contribution >= 4 is 51.6 Å². The maximum Gasteiger partial charge on any atom is 0.293 e. The Hall–Kier alpha value is -2.92. The fourth-order valence-corrected chi connectivity index (χ4v) is 4.93. The molecule has 1 aliphatic heterocycles. The number of benzene rings is 3. The number of carbonyl (C=O) groups is 2. The van der Waals surface area contributed by atoms with Crippen molar-refractivity contribution in [1.29, 1.82) is 0 Å². The first-order valence-electron chi connectivity index (χ1n) is 10.1. The highest BCUT2D eigenvalue weighted by Crippen LogP contribution is 2.38. The number of thioether (sulfide) groups is 1. The van der Waals surface area contributed by atoms with Gasteiger partial charge in [0, 0.05) is 11.1 Å². The van der Waals surface area contributed by atoms with Gasteiger partial charge in [0.05, 0.1) is 22.1 Å². The number of methoxy groups -OCH3 is 1. The number of carbonyl (C=O) groups excluding carboxylic acids is 2. The van der Waals surface area contributed by atoms with Crippen molar-refractivity contribution in [3.05, 3.63) is 97.5 Å². The predicted octanol–water partition coefficient (Wildman–Crippen LogP) is 6.39. The summed E-state index contributed by atoms with van der Waals surface area (Å²) in [7, 11) is 1.48. The van der Waals surface area contributed by atoms with Gasteiger partial charge in [0.1, 0.15) is 18.2 Å². The van der Waals surface area contributed by atoms with Crippen LogP contribution in [0.1, 0.15) is 16.7 Å². The summed E-state index contributed by atoms with van der Waals surface area (Å²) in [5.74, 6) is -0.488. The van der Waals surface area contributed by atoms with Crippen molar-refractivity contribution in [2.24, 2.45) is 0 Å². The summed E-state index contributed by atoms with van der Waals surface area (Å²) < 4.78 is 39.9. The van der Waals surface area contributed by atoms with Gasteiger partial charge in [0.25, 0.3) is 11.1 Å². The Morgan fingerprint density at radius 2 is 1.65 bits per heavy atom. The van der Waals surface area contributed by atoms with Crippen molar-refractivity contribution in [3.63, 3.8) is 0 Å². The van der Waals surface area contributed by atoms with Crippen LogP contribution in [-0.4, -0.2) is 23.2 Å². The lowest BCUT2D eigenvalue weighted by atomic mass is 10.1. The second-order valence-electron chi connectivity index (χ2n) is 7.27. The fourth-order valence-electron chi connectivity index (χ4n) is 3.31. The third kappa shape index (κ3) is 5.25. The average molecular weight is 593 g/mol. The molecule has 3 aromatic carbocycles. The van der Waals surface area contributed by atoms with Crippen LogP contribution in [0.2, 0.25) is 0 Å². The molecule has 0 bridgehead atoms. The molecule has 0 aromatic heterocycles. The summed E-state index contributed by atoms with van der Waals surface area (Å²) in [6.07, 6.45) is 1.58. The predicted molar refractivity (Wildman–Crippen MR) is 134 cm³/mol. The fraction of sp³-hybridized carbons (Fsp3) is 0.120. The van der Waals surface area contributed by atoms with Crippen LogP contribution >= 0.6 is 34.4 Å². The number of amides is 2. The molecular weight excluding hydrogens is 575 g/mol. The van der Waals surface area contributed by atoms with E-state index >= 15 is 0 Å². The van der Waals surface area contributed by atoms with Gasteiger partial charge in [-0.2, -0.15) is 0 Å². The minimum absolute atomic E-state index is 0.0211. The van der Waals surface area contributed by atoms with Gasteiger partial charge >= 0.3 is 0 Å². The van der Waals surface area contributed by atoms with Crippen LogP contribution < -0.4 is 9.47 Å². The zero-order chi connectivity index (χ0) is 24.2. The van der Waals surface area contributed by atoms with E-state index in [1.165, 1.54) is 25.3 Å². The van der Waals surface area contributed by atoms with Crippen molar-refractivity contribution in [3.8, 4) is 11.5 Å². The Bertz CT molecular complexity index is 1300. The molecule has 5 nitrogen and oxygen atoms in total. The topological polar surface area (TPSA) is 55.8 Å². The Labute approximate surface area is 212 Å². The number of hydrogen-bond acceptors (Lipinski definition) is 5. The summed E-state index contributed by atoms with van der Waals surface area (Å²) >= 11 is 2.86. The maximum absolute atomic E-state index is 14.0. The molecule has 1 aliphatic rings. The lowest BCUT2D eigenvalue weighted by Crippen LogP contribution is -2.27. The van der Waals surface area contributed by atoms with Gasteiger partial charge in [-0.3, -0.25) is 14.5 Å². The zero-order valence-corrected chi connectivity index (χ0v) is 20.9. The Kier molecular flexibility index (Phi) is 7.52. The van der Waals surface area contributed by atoms with Gasteiger partial charge in [-0.25, -0.2) is 8.78 Å². The molecule has 4 rings (SSSR count). The number of halogens is 3. The largest absolute Gasteiger partial charge is 0.493 e. The van der Waals surface area contributed by atoms with Gasteiger partial charge in [-0.1, -0.05) is 36.4 Å². The van der Waals surface area contributed by atoms with Gasteiger partial charge < -0.3 is 9.47 Å². The molecule has 0 saturated carbocycles. The van der Waals surface area contributed by atoms with Crippen LogP contribution in [-0.2, 0) is 17.9 Å². The lowest BCUT2D eigenvalue weighted by molar-refractivity contribution is -0.123. The molecule has 9 heteroatoms. The van der Waals surface area contributed by atoms with Crippen molar-refractivity contribution in [1.82, 2.24) is 4.90 Å². The molecule has 0 spiro atoms. The van der Waals surface area contributed by atoms with E-state index in [1.807, 2.05) is 0 Å². The van der Waals surface area contributed by atoms with E-state index in [4.69, 9.17) is 9.47 Å². The van der Waals surface area contributed by atoms with Gasteiger partial charge in [-0.05, 0) is 70.3 Å². The number of imide groups is 1. The average Bonchev–Trinajstić information content (AvgIpc) is 3.07. The quantitative estimate of drug-likeness (QED) is 0.235. The third-order valence-corrected chi connectivity index (χ3v) is 6.75. The van der Waals surface area contributed by atoms with E-state index in [2.05, 4.69) is 22.6 Å². The minimum atomic E-state index is -0.493.